The van der Waals surface area contributed by atoms with Gasteiger partial charge in [0.25, 0.3) is 0 Å². The van der Waals surface area contributed by atoms with Crippen LogP contribution in [0.15, 0.2) is 28.7 Å². The average Bonchev–Trinajstić information content (AvgIpc) is 2.32. The van der Waals surface area contributed by atoms with Crippen LogP contribution in [0.1, 0.15) is 16.8 Å². The molecule has 100 valence electrons. The number of ether oxygens (including phenoxy) is 1. The van der Waals surface area contributed by atoms with Gasteiger partial charge < -0.3 is 10.5 Å². The molecule has 2 rings (SSSR count). The maximum atomic E-state index is 5.91. The van der Waals surface area contributed by atoms with E-state index in [-0.39, 0.29) is 0 Å². The number of nitrogens with zero attached hydrogens (tertiary/aromatic N) is 1. The average molecular weight is 342 g/mol. The van der Waals surface area contributed by atoms with Gasteiger partial charge in [-0.2, -0.15) is 0 Å². The van der Waals surface area contributed by atoms with Gasteiger partial charge in [-0.15, -0.1) is 0 Å². The molecule has 0 saturated heterocycles. The minimum atomic E-state index is 0.389. The molecule has 0 fully saturated rings. The molecule has 0 aliphatic rings. The van der Waals surface area contributed by atoms with Crippen molar-refractivity contribution in [2.24, 2.45) is 5.73 Å². The second kappa shape index (κ2) is 5.90. The van der Waals surface area contributed by atoms with E-state index in [4.69, 9.17) is 22.1 Å². The molecule has 0 atom stereocenters. The molecule has 0 unspecified atom stereocenters. The summed E-state index contributed by atoms with van der Waals surface area (Å²) < 4.78 is 6.63. The Morgan fingerprint density at radius 1 is 1.32 bits per heavy atom. The molecule has 5 heteroatoms. The number of hydrogen-bond donors (Lipinski definition) is 1. The molecule has 2 N–H and O–H groups in total. The Hall–Kier alpha value is -1.10. The van der Waals surface area contributed by atoms with E-state index in [9.17, 15) is 0 Å². The number of nitrogens with two attached hydrogens (primary N) is 1. The van der Waals surface area contributed by atoms with Gasteiger partial charge in [0.05, 0.1) is 4.47 Å². The zero-order chi connectivity index (χ0) is 14.0. The van der Waals surface area contributed by atoms with Gasteiger partial charge >= 0.3 is 0 Å². The smallest absolute Gasteiger partial charge is 0.224 e. The van der Waals surface area contributed by atoms with E-state index in [1.54, 1.807) is 18.2 Å². The van der Waals surface area contributed by atoms with E-state index in [0.29, 0.717) is 23.2 Å². The van der Waals surface area contributed by atoms with Crippen LogP contribution in [0, 0.1) is 13.8 Å². The van der Waals surface area contributed by atoms with Gasteiger partial charge in [-0.3, -0.25) is 0 Å². The molecule has 3 nitrogen and oxygen atoms in total. The predicted octanol–water partition coefficient (Wildman–Crippen LogP) is 4.37. The quantitative estimate of drug-likeness (QED) is 0.902. The summed E-state index contributed by atoms with van der Waals surface area (Å²) >= 11 is 9.33. The van der Waals surface area contributed by atoms with Gasteiger partial charge in [-0.1, -0.05) is 11.6 Å². The first-order chi connectivity index (χ1) is 9.01. The van der Waals surface area contributed by atoms with Gasteiger partial charge in [-0.05, 0) is 59.6 Å². The normalized spacial score (nSPS) is 10.6. The second-order valence-electron chi connectivity index (χ2n) is 4.25. The molecule has 1 aromatic heterocycles. The van der Waals surface area contributed by atoms with Crippen molar-refractivity contribution in [2.45, 2.75) is 20.4 Å². The number of rotatable bonds is 3. The lowest BCUT2D eigenvalue weighted by Crippen LogP contribution is -2.05. The highest BCUT2D eigenvalue weighted by atomic mass is 79.9. The summed E-state index contributed by atoms with van der Waals surface area (Å²) in [6.07, 6.45) is 0. The van der Waals surface area contributed by atoms with E-state index in [2.05, 4.69) is 20.9 Å². The molecule has 1 heterocycles. The van der Waals surface area contributed by atoms with E-state index >= 15 is 0 Å². The minimum Gasteiger partial charge on any atom is -0.437 e. The third kappa shape index (κ3) is 3.26. The molecule has 0 aliphatic heterocycles. The van der Waals surface area contributed by atoms with Gasteiger partial charge in [-0.25, -0.2) is 4.98 Å². The number of halogens is 2. The fourth-order valence-electron chi connectivity index (χ4n) is 1.82. The summed E-state index contributed by atoms with van der Waals surface area (Å²) in [6, 6.07) is 7.34. The van der Waals surface area contributed by atoms with Crippen LogP contribution in [0.3, 0.4) is 0 Å². The highest BCUT2D eigenvalue weighted by molar-refractivity contribution is 9.10. The van der Waals surface area contributed by atoms with Crippen LogP contribution in [0.4, 0.5) is 0 Å². The maximum Gasteiger partial charge on any atom is 0.224 e. The Kier molecular flexibility index (Phi) is 4.45. The Morgan fingerprint density at radius 2 is 2.05 bits per heavy atom. The van der Waals surface area contributed by atoms with Crippen molar-refractivity contribution in [3.63, 3.8) is 0 Å². The molecular weight excluding hydrogens is 328 g/mol. The van der Waals surface area contributed by atoms with Crippen LogP contribution in [0.5, 0.6) is 11.6 Å². The Morgan fingerprint density at radius 3 is 2.68 bits per heavy atom. The van der Waals surface area contributed by atoms with Crippen molar-refractivity contribution >= 4 is 27.5 Å². The van der Waals surface area contributed by atoms with E-state index in [1.807, 2.05) is 19.9 Å². The van der Waals surface area contributed by atoms with Crippen molar-refractivity contribution in [3.8, 4) is 11.6 Å². The Bertz CT molecular complexity index is 617. The highest BCUT2D eigenvalue weighted by Crippen LogP contribution is 2.33. The molecule has 0 bridgehead atoms. The maximum absolute atomic E-state index is 5.91. The summed E-state index contributed by atoms with van der Waals surface area (Å²) in [5.74, 6) is 1.21. The van der Waals surface area contributed by atoms with Crippen LogP contribution in [0.25, 0.3) is 0 Å². The second-order valence-corrected chi connectivity index (χ2v) is 5.54. The topological polar surface area (TPSA) is 48.1 Å². The lowest BCUT2D eigenvalue weighted by atomic mass is 10.1. The van der Waals surface area contributed by atoms with Crippen molar-refractivity contribution < 1.29 is 4.74 Å². The molecule has 0 spiro atoms. The molecular formula is C14H14BrClN2O. The molecule has 2 aromatic rings. The summed E-state index contributed by atoms with van der Waals surface area (Å²) in [4.78, 5) is 4.41. The van der Waals surface area contributed by atoms with Gasteiger partial charge in [0.1, 0.15) is 5.75 Å². The summed E-state index contributed by atoms with van der Waals surface area (Å²) in [5.41, 5.74) is 8.65. The van der Waals surface area contributed by atoms with E-state index < -0.39 is 0 Å². The van der Waals surface area contributed by atoms with E-state index in [1.165, 1.54) is 0 Å². The summed E-state index contributed by atoms with van der Waals surface area (Å²) in [6.45, 7) is 4.32. The Balaban J connectivity index is 2.42. The highest BCUT2D eigenvalue weighted by Gasteiger charge is 2.11. The molecule has 0 amide bonds. The largest absolute Gasteiger partial charge is 0.437 e. The van der Waals surface area contributed by atoms with Gasteiger partial charge in [0.2, 0.25) is 5.88 Å². The van der Waals surface area contributed by atoms with Gasteiger partial charge in [0.15, 0.2) is 0 Å². The summed E-state index contributed by atoms with van der Waals surface area (Å²) in [7, 11) is 0. The van der Waals surface area contributed by atoms with Crippen LogP contribution in [-0.4, -0.2) is 4.98 Å². The number of benzene rings is 1. The predicted molar refractivity (Wildman–Crippen MR) is 80.8 cm³/mol. The lowest BCUT2D eigenvalue weighted by Gasteiger charge is -2.13. The molecule has 1 aromatic carbocycles. The van der Waals surface area contributed by atoms with Crippen molar-refractivity contribution in [1.29, 1.82) is 0 Å². The third-order valence-electron chi connectivity index (χ3n) is 2.74. The van der Waals surface area contributed by atoms with Crippen molar-refractivity contribution in [1.82, 2.24) is 4.98 Å². The fraction of sp³-hybridized carbons (Fsp3) is 0.214. The molecule has 19 heavy (non-hydrogen) atoms. The molecule has 0 radical (unpaired) electrons. The molecule has 0 aliphatic carbocycles. The number of aromatic nitrogens is 1. The van der Waals surface area contributed by atoms with Crippen LogP contribution in [-0.2, 0) is 6.54 Å². The van der Waals surface area contributed by atoms with Crippen LogP contribution in [0.2, 0.25) is 5.02 Å². The lowest BCUT2D eigenvalue weighted by molar-refractivity contribution is 0.451. The minimum absolute atomic E-state index is 0.389. The van der Waals surface area contributed by atoms with Crippen LogP contribution >= 0.6 is 27.5 Å². The Labute approximate surface area is 125 Å². The molecule has 0 saturated carbocycles. The van der Waals surface area contributed by atoms with E-state index in [0.717, 1.165) is 21.3 Å². The van der Waals surface area contributed by atoms with Crippen molar-refractivity contribution in [2.75, 3.05) is 0 Å². The number of hydrogen-bond acceptors (Lipinski definition) is 3. The number of pyridine rings is 1. The standard InChI is InChI=1S/C14H14BrClN2O/c1-8-5-9(2)18-14(11(8)7-17)19-13-4-3-10(16)6-12(13)15/h3-6H,7,17H2,1-2H3. The first kappa shape index (κ1) is 14.3. The fourth-order valence-corrected chi connectivity index (χ4v) is 2.59. The zero-order valence-electron chi connectivity index (χ0n) is 10.7. The van der Waals surface area contributed by atoms with Crippen LogP contribution < -0.4 is 10.5 Å². The SMILES string of the molecule is Cc1cc(C)c(CN)c(Oc2ccc(Cl)cc2Br)n1. The van der Waals surface area contributed by atoms with Crippen molar-refractivity contribution in [3.05, 3.63) is 50.6 Å². The first-order valence-electron chi connectivity index (χ1n) is 5.81. The number of aryl methyl sites for hydroxylation is 2. The summed E-state index contributed by atoms with van der Waals surface area (Å²) in [5, 5.41) is 0.645. The first-order valence-corrected chi connectivity index (χ1v) is 6.98. The monoisotopic (exact) mass is 340 g/mol. The third-order valence-corrected chi connectivity index (χ3v) is 3.60. The zero-order valence-corrected chi connectivity index (χ0v) is 13.0. The van der Waals surface area contributed by atoms with Gasteiger partial charge in [0, 0.05) is 22.8 Å².